The van der Waals surface area contributed by atoms with Crippen LogP contribution in [0.4, 0.5) is 0 Å². The van der Waals surface area contributed by atoms with Crippen LogP contribution in [0.5, 0.6) is 0 Å². The van der Waals surface area contributed by atoms with Gasteiger partial charge in [-0.25, -0.2) is 0 Å². The molecule has 0 radical (unpaired) electrons. The zero-order chi connectivity index (χ0) is 6.69. The van der Waals surface area contributed by atoms with Crippen molar-refractivity contribution in [1.82, 2.24) is 4.90 Å². The Kier molecular flexibility index (Phi) is 1.73. The van der Waals surface area contributed by atoms with E-state index >= 15 is 0 Å². The maximum atomic E-state index is 3.12. The number of allylic oxidation sites excluding steroid dienone is 5. The first-order valence-corrected chi connectivity index (χ1v) is 2.95. The van der Waals surface area contributed by atoms with Gasteiger partial charge in [-0.15, -0.1) is 18.4 Å². The Morgan fingerprint density at radius 2 is 1.78 bits per heavy atom. The van der Waals surface area contributed by atoms with E-state index in [1.807, 2.05) is 43.3 Å². The lowest BCUT2D eigenvalue weighted by Crippen LogP contribution is -2.02. The van der Waals surface area contributed by atoms with Crippen LogP contribution in [-0.4, -0.2) is 19.0 Å². The van der Waals surface area contributed by atoms with Crippen LogP contribution in [0.25, 0.3) is 0 Å². The molecule has 0 fully saturated rings. The Morgan fingerprint density at radius 1 is 1.22 bits per heavy atom. The molecule has 0 saturated carbocycles. The highest BCUT2D eigenvalue weighted by atomic mass is 15.0. The Bertz CT molecular complexity index is 159. The molecule has 0 atom stereocenters. The fourth-order valence-electron chi connectivity index (χ4n) is 0.707. The van der Waals surface area contributed by atoms with E-state index in [0.717, 1.165) is 5.57 Å². The van der Waals surface area contributed by atoms with Gasteiger partial charge < -0.3 is 4.90 Å². The van der Waals surface area contributed by atoms with Crippen molar-refractivity contribution in [3.05, 3.63) is 36.1 Å². The van der Waals surface area contributed by atoms with E-state index < -0.39 is 0 Å². The van der Waals surface area contributed by atoms with E-state index in [-0.39, 0.29) is 0 Å². The lowest BCUT2D eigenvalue weighted by atomic mass is 10.3. The van der Waals surface area contributed by atoms with Gasteiger partial charge in [-0.3, -0.25) is 0 Å². The minimum Gasteiger partial charge on any atom is -0.437 e. The zero-order valence-electron chi connectivity index (χ0n) is 5.76. The first-order chi connectivity index (χ1) is 4.29. The highest BCUT2D eigenvalue weighted by Crippen LogP contribution is 2.05. The summed E-state index contributed by atoms with van der Waals surface area (Å²) in [4.78, 5) is 1.91. The molecule has 0 bridgehead atoms. The van der Waals surface area contributed by atoms with Crippen molar-refractivity contribution in [2.24, 2.45) is 0 Å². The first kappa shape index (κ1) is 6.14. The van der Waals surface area contributed by atoms with E-state index in [1.165, 1.54) is 0 Å². The van der Waals surface area contributed by atoms with Gasteiger partial charge in [-0.1, -0.05) is 0 Å². The maximum Gasteiger partial charge on any atom is -0.00687 e. The van der Waals surface area contributed by atoms with Crippen molar-refractivity contribution < 1.29 is 0 Å². The Labute approximate surface area is 56.0 Å². The summed E-state index contributed by atoms with van der Waals surface area (Å²) in [5, 5.41) is 0. The van der Waals surface area contributed by atoms with E-state index in [2.05, 4.69) is 6.20 Å². The fraction of sp³-hybridized carbons (Fsp3) is 0.250. The van der Waals surface area contributed by atoms with Gasteiger partial charge in [-0.2, -0.15) is 17.7 Å². The molecule has 0 aromatic heterocycles. The first-order valence-electron chi connectivity index (χ1n) is 2.95. The summed E-state index contributed by atoms with van der Waals surface area (Å²) in [5.74, 6) is 0. The Hall–Kier alpha value is -0.980. The predicted octanol–water partition coefficient (Wildman–Crippen LogP) is 1.36. The maximum absolute atomic E-state index is 3.12. The number of nitrogens with zero attached hydrogens (tertiary/aromatic N) is 1. The molecule has 0 saturated heterocycles. The third kappa shape index (κ3) is 1.76. The van der Waals surface area contributed by atoms with Gasteiger partial charge >= 0.3 is 0 Å². The molecule has 1 nitrogen and oxygen atoms in total. The van der Waals surface area contributed by atoms with Gasteiger partial charge in [0.05, 0.1) is 0 Å². The van der Waals surface area contributed by atoms with Gasteiger partial charge in [0.2, 0.25) is 0 Å². The summed E-state index contributed by atoms with van der Waals surface area (Å²) < 4.78 is 0. The molecule has 0 spiro atoms. The number of rotatable bonds is 1. The SMILES string of the molecule is CN(C)[C-]=C1C=CC=C1. The van der Waals surface area contributed by atoms with Crippen LogP contribution in [0.1, 0.15) is 0 Å². The average molecular weight is 120 g/mol. The largest absolute Gasteiger partial charge is 0.437 e. The van der Waals surface area contributed by atoms with E-state index in [9.17, 15) is 0 Å². The van der Waals surface area contributed by atoms with Gasteiger partial charge in [-0.05, 0) is 14.1 Å². The molecule has 0 aliphatic heterocycles. The molecule has 0 heterocycles. The third-order valence-electron chi connectivity index (χ3n) is 1.02. The van der Waals surface area contributed by atoms with Crippen LogP contribution in [-0.2, 0) is 0 Å². The van der Waals surface area contributed by atoms with E-state index in [4.69, 9.17) is 0 Å². The van der Waals surface area contributed by atoms with Gasteiger partial charge in [0, 0.05) is 0 Å². The van der Waals surface area contributed by atoms with Crippen molar-refractivity contribution in [3.63, 3.8) is 0 Å². The smallest absolute Gasteiger partial charge is 0.00687 e. The van der Waals surface area contributed by atoms with Crippen molar-refractivity contribution in [1.29, 1.82) is 0 Å². The summed E-state index contributed by atoms with van der Waals surface area (Å²) >= 11 is 0. The monoisotopic (exact) mass is 120 g/mol. The van der Waals surface area contributed by atoms with E-state index in [1.54, 1.807) is 0 Å². The summed E-state index contributed by atoms with van der Waals surface area (Å²) in [5.41, 5.74) is 1.14. The summed E-state index contributed by atoms with van der Waals surface area (Å²) in [7, 11) is 3.93. The lowest BCUT2D eigenvalue weighted by Gasteiger charge is -2.11. The molecular formula is C8H10N-. The highest BCUT2D eigenvalue weighted by Gasteiger charge is 1.78. The van der Waals surface area contributed by atoms with Gasteiger partial charge in [0.25, 0.3) is 0 Å². The van der Waals surface area contributed by atoms with Crippen LogP contribution in [0.2, 0.25) is 0 Å². The number of hydrogen-bond donors (Lipinski definition) is 0. The van der Waals surface area contributed by atoms with Gasteiger partial charge in [0.1, 0.15) is 0 Å². The summed E-state index contributed by atoms with van der Waals surface area (Å²) in [6.07, 6.45) is 11.2. The second-order valence-corrected chi connectivity index (χ2v) is 2.18. The van der Waals surface area contributed by atoms with Crippen molar-refractivity contribution >= 4 is 0 Å². The molecule has 0 amide bonds. The highest BCUT2D eigenvalue weighted by molar-refractivity contribution is 5.37. The normalized spacial score (nSPS) is 14.7. The second kappa shape index (κ2) is 2.53. The van der Waals surface area contributed by atoms with Gasteiger partial charge in [0.15, 0.2) is 0 Å². The van der Waals surface area contributed by atoms with E-state index in [0.29, 0.717) is 0 Å². The number of hydrogen-bond acceptors (Lipinski definition) is 1. The molecule has 1 heteroatoms. The molecule has 9 heavy (non-hydrogen) atoms. The minimum absolute atomic E-state index is 1.14. The molecule has 48 valence electrons. The molecule has 1 aliphatic rings. The van der Waals surface area contributed by atoms with Crippen molar-refractivity contribution in [2.75, 3.05) is 14.1 Å². The molecule has 0 N–H and O–H groups in total. The zero-order valence-corrected chi connectivity index (χ0v) is 5.76. The topological polar surface area (TPSA) is 3.24 Å². The van der Waals surface area contributed by atoms with Crippen LogP contribution in [0.15, 0.2) is 29.9 Å². The van der Waals surface area contributed by atoms with Crippen molar-refractivity contribution in [3.8, 4) is 0 Å². The summed E-state index contributed by atoms with van der Waals surface area (Å²) in [6.45, 7) is 0. The molecule has 0 unspecified atom stereocenters. The second-order valence-electron chi connectivity index (χ2n) is 2.18. The van der Waals surface area contributed by atoms with Crippen LogP contribution in [0.3, 0.4) is 0 Å². The Balaban J connectivity index is 2.62. The Morgan fingerprint density at radius 3 is 2.22 bits per heavy atom. The lowest BCUT2D eigenvalue weighted by molar-refractivity contribution is 0.536. The summed E-state index contributed by atoms with van der Waals surface area (Å²) in [6, 6.07) is 0. The van der Waals surface area contributed by atoms with Crippen LogP contribution in [0, 0.1) is 6.20 Å². The van der Waals surface area contributed by atoms with Crippen molar-refractivity contribution in [2.45, 2.75) is 0 Å². The molecule has 0 aromatic rings. The predicted molar refractivity (Wildman–Crippen MR) is 38.7 cm³/mol. The molecular weight excluding hydrogens is 110 g/mol. The average Bonchev–Trinajstić information content (AvgIpc) is 2.15. The fourth-order valence-corrected chi connectivity index (χ4v) is 0.707. The van der Waals surface area contributed by atoms with Crippen LogP contribution < -0.4 is 0 Å². The molecule has 0 aromatic carbocycles. The minimum atomic E-state index is 1.14. The third-order valence-corrected chi connectivity index (χ3v) is 1.02. The molecule has 1 aliphatic carbocycles. The molecule has 1 rings (SSSR count). The quantitative estimate of drug-likeness (QED) is 0.373. The van der Waals surface area contributed by atoms with Crippen LogP contribution >= 0.6 is 0 Å². The standard InChI is InChI=1S/C8H10N/c1-9(2)7-8-5-3-4-6-8/h3-6H,1-2H3/q-1.